The number of hydrogen-bond donors (Lipinski definition) is 0. The first-order valence-electron chi connectivity index (χ1n) is 11.4. The molecule has 0 saturated heterocycles. The molecule has 0 N–H and O–H groups in total. The molecule has 0 aliphatic rings. The molecule has 3 rings (SSSR count). The molecule has 1 amide bonds. The molecule has 35 heavy (non-hydrogen) atoms. The van der Waals surface area contributed by atoms with Crippen LogP contribution in [0.2, 0.25) is 0 Å². The average Bonchev–Trinajstić information content (AvgIpc) is 3.22. The lowest BCUT2D eigenvalue weighted by atomic mass is 10.1. The fourth-order valence-electron chi connectivity index (χ4n) is 3.51. The summed E-state index contributed by atoms with van der Waals surface area (Å²) in [6.07, 6.45) is 0.969. The Morgan fingerprint density at radius 1 is 1.09 bits per heavy atom. The molecule has 0 radical (unpaired) electrons. The van der Waals surface area contributed by atoms with E-state index in [4.69, 9.17) is 9.72 Å². The summed E-state index contributed by atoms with van der Waals surface area (Å²) in [5.74, 6) is 0.639. The number of halogens is 1. The normalized spacial score (nSPS) is 11.6. The molecule has 0 aliphatic heterocycles. The molecule has 0 bridgehead atoms. The van der Waals surface area contributed by atoms with Crippen molar-refractivity contribution < 1.29 is 17.9 Å². The third kappa shape index (κ3) is 7.16. The van der Waals surface area contributed by atoms with Gasteiger partial charge in [0.25, 0.3) is 0 Å². The molecular weight excluding hydrogens is 506 g/mol. The van der Waals surface area contributed by atoms with Gasteiger partial charge in [-0.15, -0.1) is 12.4 Å². The smallest absolute Gasteiger partial charge is 0.233 e. The van der Waals surface area contributed by atoms with Crippen LogP contribution in [0, 0.1) is 0 Å². The van der Waals surface area contributed by atoms with Gasteiger partial charge in [0.15, 0.2) is 15.0 Å². The quantitative estimate of drug-likeness (QED) is 0.347. The second-order valence-corrected chi connectivity index (χ2v) is 12.2. The molecular formula is C25H34ClN3O4S2. The van der Waals surface area contributed by atoms with Gasteiger partial charge in [-0.3, -0.25) is 9.69 Å². The van der Waals surface area contributed by atoms with Gasteiger partial charge in [-0.25, -0.2) is 13.4 Å². The Morgan fingerprint density at radius 2 is 1.77 bits per heavy atom. The van der Waals surface area contributed by atoms with Crippen LogP contribution in [0.15, 0.2) is 47.4 Å². The second kappa shape index (κ2) is 12.7. The van der Waals surface area contributed by atoms with Crippen molar-refractivity contribution in [2.24, 2.45) is 0 Å². The first-order valence-corrected chi connectivity index (χ1v) is 13.8. The number of carbonyl (C=O) groups excluding carboxylic acids is 1. The Kier molecular flexibility index (Phi) is 10.5. The van der Waals surface area contributed by atoms with Crippen molar-refractivity contribution in [2.75, 3.05) is 38.7 Å². The molecule has 2 aromatic carbocycles. The Morgan fingerprint density at radius 3 is 2.37 bits per heavy atom. The van der Waals surface area contributed by atoms with E-state index in [-0.39, 0.29) is 29.6 Å². The Bertz CT molecular complexity index is 1230. The minimum Gasteiger partial charge on any atom is -0.492 e. The first kappa shape index (κ1) is 29.0. The fourth-order valence-corrected chi connectivity index (χ4v) is 5.60. The largest absolute Gasteiger partial charge is 0.492 e. The minimum atomic E-state index is -3.35. The van der Waals surface area contributed by atoms with E-state index in [0.29, 0.717) is 24.0 Å². The molecule has 1 heterocycles. The number of thiazole rings is 1. The van der Waals surface area contributed by atoms with Gasteiger partial charge in [-0.05, 0) is 77.7 Å². The summed E-state index contributed by atoms with van der Waals surface area (Å²) in [5, 5.41) is 0.151. The van der Waals surface area contributed by atoms with Crippen LogP contribution in [0.4, 0.5) is 5.13 Å². The Labute approximate surface area is 218 Å². The number of anilines is 1. The number of hydrogen-bond acceptors (Lipinski definition) is 7. The van der Waals surface area contributed by atoms with Crippen LogP contribution in [0.1, 0.15) is 32.8 Å². The van der Waals surface area contributed by atoms with E-state index in [1.807, 2.05) is 39.2 Å². The molecule has 10 heteroatoms. The molecule has 1 aromatic heterocycles. The maximum absolute atomic E-state index is 13.4. The van der Waals surface area contributed by atoms with Crippen molar-refractivity contribution in [1.82, 2.24) is 9.88 Å². The number of ether oxygens (including phenoxy) is 1. The topological polar surface area (TPSA) is 79.8 Å². The monoisotopic (exact) mass is 539 g/mol. The highest BCUT2D eigenvalue weighted by atomic mass is 35.5. The molecule has 0 fully saturated rings. The highest BCUT2D eigenvalue weighted by Gasteiger charge is 2.22. The number of rotatable bonds is 11. The summed E-state index contributed by atoms with van der Waals surface area (Å²) in [4.78, 5) is 22.3. The van der Waals surface area contributed by atoms with E-state index in [1.54, 1.807) is 43.0 Å². The van der Waals surface area contributed by atoms with E-state index in [0.717, 1.165) is 28.7 Å². The second-order valence-electron chi connectivity index (χ2n) is 8.65. The van der Waals surface area contributed by atoms with Gasteiger partial charge >= 0.3 is 0 Å². The van der Waals surface area contributed by atoms with E-state index in [2.05, 4.69) is 4.90 Å². The van der Waals surface area contributed by atoms with Crippen molar-refractivity contribution in [2.45, 2.75) is 43.8 Å². The predicted molar refractivity (Wildman–Crippen MR) is 146 cm³/mol. The van der Waals surface area contributed by atoms with Gasteiger partial charge in [0.05, 0.1) is 27.9 Å². The van der Waals surface area contributed by atoms with E-state index in [1.165, 1.54) is 11.3 Å². The number of amides is 1. The number of fused-ring (bicyclic) bond motifs is 1. The SMILES string of the molecule is CCOc1cccc2sc(N(CCCN(C)C)C(=O)Cc3ccc(S(=O)(=O)C(C)C)cc3)nc12.Cl. The predicted octanol–water partition coefficient (Wildman–Crippen LogP) is 4.83. The molecule has 0 spiro atoms. The maximum atomic E-state index is 13.4. The lowest BCUT2D eigenvalue weighted by Crippen LogP contribution is -2.34. The van der Waals surface area contributed by atoms with Crippen LogP contribution in [0.3, 0.4) is 0 Å². The van der Waals surface area contributed by atoms with Gasteiger partial charge in [-0.2, -0.15) is 0 Å². The summed E-state index contributed by atoms with van der Waals surface area (Å²) in [6.45, 7) is 7.18. The molecule has 0 atom stereocenters. The number of carbonyl (C=O) groups is 1. The van der Waals surface area contributed by atoms with Crippen molar-refractivity contribution in [1.29, 1.82) is 0 Å². The van der Waals surface area contributed by atoms with Crippen molar-refractivity contribution >= 4 is 54.8 Å². The van der Waals surface area contributed by atoms with Crippen molar-refractivity contribution in [3.05, 3.63) is 48.0 Å². The van der Waals surface area contributed by atoms with Gasteiger partial charge in [0, 0.05) is 6.54 Å². The van der Waals surface area contributed by atoms with Gasteiger partial charge < -0.3 is 9.64 Å². The molecule has 3 aromatic rings. The van der Waals surface area contributed by atoms with Crippen LogP contribution < -0.4 is 9.64 Å². The number of nitrogens with zero attached hydrogens (tertiary/aromatic N) is 3. The summed E-state index contributed by atoms with van der Waals surface area (Å²) in [6, 6.07) is 12.4. The number of para-hydroxylation sites is 1. The van der Waals surface area contributed by atoms with Crippen LogP contribution in [-0.4, -0.2) is 63.3 Å². The van der Waals surface area contributed by atoms with E-state index < -0.39 is 15.1 Å². The van der Waals surface area contributed by atoms with E-state index in [9.17, 15) is 13.2 Å². The third-order valence-corrected chi connectivity index (χ3v) is 8.63. The van der Waals surface area contributed by atoms with Gasteiger partial charge in [-0.1, -0.05) is 29.5 Å². The highest BCUT2D eigenvalue weighted by molar-refractivity contribution is 7.92. The first-order chi connectivity index (χ1) is 16.1. The van der Waals surface area contributed by atoms with Crippen molar-refractivity contribution in [3.8, 4) is 5.75 Å². The van der Waals surface area contributed by atoms with Crippen LogP contribution >= 0.6 is 23.7 Å². The lowest BCUT2D eigenvalue weighted by molar-refractivity contribution is -0.118. The van der Waals surface area contributed by atoms with E-state index >= 15 is 0 Å². The van der Waals surface area contributed by atoms with Crippen LogP contribution in [0.25, 0.3) is 10.2 Å². The average molecular weight is 540 g/mol. The highest BCUT2D eigenvalue weighted by Crippen LogP contribution is 2.34. The number of sulfone groups is 1. The van der Waals surface area contributed by atoms with Gasteiger partial charge in [0.1, 0.15) is 11.3 Å². The summed E-state index contributed by atoms with van der Waals surface area (Å²) < 4.78 is 31.5. The molecule has 0 unspecified atom stereocenters. The van der Waals surface area contributed by atoms with Crippen LogP contribution in [-0.2, 0) is 21.1 Å². The van der Waals surface area contributed by atoms with Crippen LogP contribution in [0.5, 0.6) is 5.75 Å². The number of benzene rings is 2. The molecule has 0 aliphatic carbocycles. The summed E-state index contributed by atoms with van der Waals surface area (Å²) in [7, 11) is 0.664. The Balaban J connectivity index is 0.00000432. The fraction of sp³-hybridized carbons (Fsp3) is 0.440. The molecule has 0 saturated carbocycles. The zero-order chi connectivity index (χ0) is 24.9. The van der Waals surface area contributed by atoms with Gasteiger partial charge in [0.2, 0.25) is 5.91 Å². The zero-order valence-electron chi connectivity index (χ0n) is 20.9. The third-order valence-electron chi connectivity index (χ3n) is 5.42. The maximum Gasteiger partial charge on any atom is 0.233 e. The number of aromatic nitrogens is 1. The minimum absolute atomic E-state index is 0. The molecule has 192 valence electrons. The molecule has 7 nitrogen and oxygen atoms in total. The Hall–Kier alpha value is -2.20. The van der Waals surface area contributed by atoms with Crippen molar-refractivity contribution in [3.63, 3.8) is 0 Å². The standard InChI is InChI=1S/C25H33N3O4S2.ClH/c1-6-32-21-9-7-10-22-24(21)26-25(33-22)28(16-8-15-27(4)5)23(29)17-19-11-13-20(14-12-19)34(30,31)18(2)3;/h7,9-14,18H,6,8,15-17H2,1-5H3;1H. The zero-order valence-corrected chi connectivity index (χ0v) is 23.3. The summed E-state index contributed by atoms with van der Waals surface area (Å²) in [5.41, 5.74) is 1.53. The lowest BCUT2D eigenvalue weighted by Gasteiger charge is -2.21. The summed E-state index contributed by atoms with van der Waals surface area (Å²) >= 11 is 1.47.